The molecule has 24 heavy (non-hydrogen) atoms. The minimum absolute atomic E-state index is 0.118. The van der Waals surface area contributed by atoms with Gasteiger partial charge in [0.1, 0.15) is 17.1 Å². The molecule has 0 atom stereocenters. The third-order valence-corrected chi connectivity index (χ3v) is 3.41. The molecule has 0 saturated heterocycles. The van der Waals surface area contributed by atoms with Crippen molar-refractivity contribution in [1.29, 1.82) is 0 Å². The first-order chi connectivity index (χ1) is 11.4. The molecule has 0 unspecified atom stereocenters. The van der Waals surface area contributed by atoms with Gasteiger partial charge in [-0.3, -0.25) is 4.98 Å². The number of hydrogen-bond donors (Lipinski definition) is 2. The average Bonchev–Trinajstić information content (AvgIpc) is 2.55. The number of amides is 2. The number of carbonyl (C=O) groups is 1. The van der Waals surface area contributed by atoms with E-state index in [1.54, 1.807) is 6.07 Å². The van der Waals surface area contributed by atoms with Crippen molar-refractivity contribution in [3.05, 3.63) is 47.8 Å². The number of pyridine rings is 1. The van der Waals surface area contributed by atoms with Gasteiger partial charge >= 0.3 is 6.03 Å². The number of nitrogens with zero attached hydrogens (tertiary/aromatic N) is 1. The number of aromatic nitrogens is 1. The van der Waals surface area contributed by atoms with E-state index in [1.807, 2.05) is 32.0 Å². The van der Waals surface area contributed by atoms with Crippen molar-refractivity contribution in [2.75, 3.05) is 17.7 Å². The quantitative estimate of drug-likeness (QED) is 0.825. The van der Waals surface area contributed by atoms with Gasteiger partial charge in [-0.15, -0.1) is 0 Å². The van der Waals surface area contributed by atoms with Crippen LogP contribution in [0.25, 0.3) is 0 Å². The molecule has 1 aromatic heterocycles. The molecule has 0 aliphatic carbocycles. The van der Waals surface area contributed by atoms with Crippen molar-refractivity contribution in [3.8, 4) is 5.75 Å². The van der Waals surface area contributed by atoms with Crippen LogP contribution in [0, 0.1) is 0 Å². The van der Waals surface area contributed by atoms with E-state index in [0.717, 1.165) is 17.8 Å². The van der Waals surface area contributed by atoms with Gasteiger partial charge in [-0.25, -0.2) is 13.6 Å². The normalized spacial score (nSPS) is 10.8. The molecule has 7 heteroatoms. The van der Waals surface area contributed by atoms with Crippen LogP contribution in [-0.4, -0.2) is 18.1 Å². The third kappa shape index (κ3) is 4.18. The predicted octanol–water partition coefficient (Wildman–Crippen LogP) is 4.80. The van der Waals surface area contributed by atoms with E-state index in [1.165, 1.54) is 7.11 Å². The number of urea groups is 1. The molecule has 2 rings (SSSR count). The van der Waals surface area contributed by atoms with Crippen molar-refractivity contribution >= 4 is 17.4 Å². The molecule has 5 nitrogen and oxygen atoms in total. The van der Waals surface area contributed by atoms with Gasteiger partial charge in [-0.1, -0.05) is 32.0 Å². The maximum absolute atomic E-state index is 12.7. The lowest BCUT2D eigenvalue weighted by atomic mass is 10.0. The average molecular weight is 335 g/mol. The molecule has 0 radical (unpaired) electrons. The highest BCUT2D eigenvalue weighted by atomic mass is 19.3. The SMILES string of the molecule is COc1cc(C(F)F)ncc1NC(=O)Nc1ccccc1C(C)C. The lowest BCUT2D eigenvalue weighted by molar-refractivity contribution is 0.145. The van der Waals surface area contributed by atoms with Gasteiger partial charge in [-0.05, 0) is 17.5 Å². The van der Waals surface area contributed by atoms with Crippen LogP contribution in [0.4, 0.5) is 25.0 Å². The first-order valence-electron chi connectivity index (χ1n) is 7.41. The van der Waals surface area contributed by atoms with Crippen LogP contribution in [0.3, 0.4) is 0 Å². The number of carbonyl (C=O) groups excluding carboxylic acids is 1. The van der Waals surface area contributed by atoms with Gasteiger partial charge in [0.25, 0.3) is 6.43 Å². The molecule has 0 bridgehead atoms. The predicted molar refractivity (Wildman–Crippen MR) is 88.9 cm³/mol. The van der Waals surface area contributed by atoms with Crippen LogP contribution in [0.1, 0.15) is 37.4 Å². The molecule has 128 valence electrons. The second-order valence-corrected chi connectivity index (χ2v) is 5.43. The molecule has 2 amide bonds. The summed E-state index contributed by atoms with van der Waals surface area (Å²) in [5.74, 6) is 0.357. The molecule has 2 N–H and O–H groups in total. The highest BCUT2D eigenvalue weighted by Gasteiger charge is 2.15. The van der Waals surface area contributed by atoms with Crippen LogP contribution < -0.4 is 15.4 Å². The Kier molecular flexibility index (Phi) is 5.68. The summed E-state index contributed by atoms with van der Waals surface area (Å²) in [5, 5.41) is 5.31. The fourth-order valence-corrected chi connectivity index (χ4v) is 2.22. The number of benzene rings is 1. The number of rotatable bonds is 5. The van der Waals surface area contributed by atoms with Gasteiger partial charge in [0, 0.05) is 11.8 Å². The van der Waals surface area contributed by atoms with Crippen molar-refractivity contribution in [2.45, 2.75) is 26.2 Å². The van der Waals surface area contributed by atoms with Crippen LogP contribution in [0.2, 0.25) is 0 Å². The fraction of sp³-hybridized carbons (Fsp3) is 0.294. The van der Waals surface area contributed by atoms with Gasteiger partial charge < -0.3 is 15.4 Å². The molecule has 0 saturated carbocycles. The van der Waals surface area contributed by atoms with Crippen molar-refractivity contribution in [1.82, 2.24) is 4.98 Å². The second-order valence-electron chi connectivity index (χ2n) is 5.43. The summed E-state index contributed by atoms with van der Waals surface area (Å²) in [4.78, 5) is 15.8. The lowest BCUT2D eigenvalue weighted by Crippen LogP contribution is -2.21. The van der Waals surface area contributed by atoms with E-state index in [9.17, 15) is 13.6 Å². The van der Waals surface area contributed by atoms with E-state index in [-0.39, 0.29) is 17.4 Å². The molecular weight excluding hydrogens is 316 g/mol. The van der Waals surface area contributed by atoms with Gasteiger partial charge in [0.15, 0.2) is 0 Å². The van der Waals surface area contributed by atoms with E-state index < -0.39 is 18.2 Å². The summed E-state index contributed by atoms with van der Waals surface area (Å²) < 4.78 is 30.4. The van der Waals surface area contributed by atoms with Crippen molar-refractivity contribution in [3.63, 3.8) is 0 Å². The molecule has 1 heterocycles. The summed E-state index contributed by atoms with van der Waals surface area (Å²) in [7, 11) is 1.34. The van der Waals surface area contributed by atoms with Crippen LogP contribution in [-0.2, 0) is 0 Å². The van der Waals surface area contributed by atoms with E-state index >= 15 is 0 Å². The monoisotopic (exact) mass is 335 g/mol. The number of nitrogens with one attached hydrogen (secondary N) is 2. The Morgan fingerprint density at radius 1 is 1.17 bits per heavy atom. The Morgan fingerprint density at radius 2 is 1.83 bits per heavy atom. The molecule has 0 spiro atoms. The number of para-hydroxylation sites is 1. The van der Waals surface area contributed by atoms with E-state index in [2.05, 4.69) is 15.6 Å². The number of methoxy groups -OCH3 is 1. The van der Waals surface area contributed by atoms with Gasteiger partial charge in [0.2, 0.25) is 0 Å². The highest BCUT2D eigenvalue weighted by Crippen LogP contribution is 2.29. The summed E-state index contributed by atoms with van der Waals surface area (Å²) in [6.45, 7) is 4.04. The Morgan fingerprint density at radius 3 is 2.46 bits per heavy atom. The summed E-state index contributed by atoms with van der Waals surface area (Å²) in [6, 6.07) is 8.04. The van der Waals surface area contributed by atoms with Gasteiger partial charge in [-0.2, -0.15) is 0 Å². The second kappa shape index (κ2) is 7.72. The van der Waals surface area contributed by atoms with Crippen LogP contribution >= 0.6 is 0 Å². The topological polar surface area (TPSA) is 63.2 Å². The molecule has 1 aromatic carbocycles. The number of alkyl halides is 2. The molecule has 2 aromatic rings. The summed E-state index contributed by atoms with van der Waals surface area (Å²) in [5.41, 5.74) is 1.47. The smallest absolute Gasteiger partial charge is 0.323 e. The van der Waals surface area contributed by atoms with Gasteiger partial charge in [0.05, 0.1) is 13.3 Å². The third-order valence-electron chi connectivity index (χ3n) is 3.41. The Labute approximate surface area is 139 Å². The zero-order chi connectivity index (χ0) is 17.7. The first kappa shape index (κ1) is 17.7. The maximum Gasteiger partial charge on any atom is 0.323 e. The highest BCUT2D eigenvalue weighted by molar-refractivity contribution is 6.01. The Balaban J connectivity index is 2.16. The first-order valence-corrected chi connectivity index (χ1v) is 7.41. The lowest BCUT2D eigenvalue weighted by Gasteiger charge is -2.15. The summed E-state index contributed by atoms with van der Waals surface area (Å²) >= 11 is 0. The fourth-order valence-electron chi connectivity index (χ4n) is 2.22. The van der Waals surface area contributed by atoms with Crippen LogP contribution in [0.5, 0.6) is 5.75 Å². The minimum Gasteiger partial charge on any atom is -0.494 e. The van der Waals surface area contributed by atoms with Crippen LogP contribution in [0.15, 0.2) is 36.5 Å². The maximum atomic E-state index is 12.7. The molecule has 0 aliphatic heterocycles. The largest absolute Gasteiger partial charge is 0.494 e. The van der Waals surface area contributed by atoms with Crippen molar-refractivity contribution < 1.29 is 18.3 Å². The number of hydrogen-bond acceptors (Lipinski definition) is 3. The Hall–Kier alpha value is -2.70. The zero-order valence-electron chi connectivity index (χ0n) is 13.6. The number of ether oxygens (including phenoxy) is 1. The van der Waals surface area contributed by atoms with E-state index in [4.69, 9.17) is 4.74 Å². The Bertz CT molecular complexity index is 721. The number of halogens is 2. The molecule has 0 aliphatic rings. The molecular formula is C17H19F2N3O2. The zero-order valence-corrected chi connectivity index (χ0v) is 13.6. The van der Waals surface area contributed by atoms with E-state index in [0.29, 0.717) is 5.69 Å². The number of anilines is 2. The molecule has 0 fully saturated rings. The standard InChI is InChI=1S/C17H19F2N3O2/c1-10(2)11-6-4-5-7-12(11)21-17(23)22-14-9-20-13(16(18)19)8-15(14)24-3/h4-10,16H,1-3H3,(H2,21,22,23). The van der Waals surface area contributed by atoms with Crippen molar-refractivity contribution in [2.24, 2.45) is 0 Å². The minimum atomic E-state index is -2.71. The summed E-state index contributed by atoms with van der Waals surface area (Å²) in [6.07, 6.45) is -1.56.